The van der Waals surface area contributed by atoms with Crippen LogP contribution in [0.15, 0.2) is 12.2 Å². The van der Waals surface area contributed by atoms with Crippen molar-refractivity contribution < 1.29 is 19.4 Å². The molecule has 0 heterocycles. The molecule has 0 aliphatic rings. The standard InChI is InChI=1S/C7H10O4/c1-5(7(10)11-2)3-6(9)4-8/h8H,1,3-4H2,2H3. The van der Waals surface area contributed by atoms with E-state index in [9.17, 15) is 9.59 Å². The molecule has 0 atom stereocenters. The summed E-state index contributed by atoms with van der Waals surface area (Å²) in [5.74, 6) is -1.06. The van der Waals surface area contributed by atoms with Crippen LogP contribution in [0.5, 0.6) is 0 Å². The number of carbonyl (C=O) groups is 2. The third-order valence-corrected chi connectivity index (χ3v) is 1.06. The van der Waals surface area contributed by atoms with Crippen LogP contribution in [0, 0.1) is 0 Å². The second kappa shape index (κ2) is 4.62. The van der Waals surface area contributed by atoms with Crippen molar-refractivity contribution in [2.24, 2.45) is 0 Å². The van der Waals surface area contributed by atoms with E-state index in [0.29, 0.717) is 0 Å². The molecule has 4 nitrogen and oxygen atoms in total. The maximum absolute atomic E-state index is 10.6. The molecule has 0 amide bonds. The quantitative estimate of drug-likeness (QED) is 0.449. The van der Waals surface area contributed by atoms with Gasteiger partial charge in [0.05, 0.1) is 7.11 Å². The maximum Gasteiger partial charge on any atom is 0.333 e. The van der Waals surface area contributed by atoms with Gasteiger partial charge in [-0.1, -0.05) is 6.58 Å². The number of Topliss-reactive ketones (excluding diaryl/α,β-unsaturated/α-hetero) is 1. The van der Waals surface area contributed by atoms with Crippen molar-refractivity contribution >= 4 is 11.8 Å². The highest BCUT2D eigenvalue weighted by Gasteiger charge is 2.10. The van der Waals surface area contributed by atoms with Crippen LogP contribution in [0.2, 0.25) is 0 Å². The number of hydrogen-bond donors (Lipinski definition) is 1. The summed E-state index contributed by atoms with van der Waals surface area (Å²) < 4.78 is 4.29. The zero-order valence-corrected chi connectivity index (χ0v) is 6.29. The van der Waals surface area contributed by atoms with Gasteiger partial charge >= 0.3 is 5.97 Å². The Morgan fingerprint density at radius 3 is 2.45 bits per heavy atom. The third-order valence-electron chi connectivity index (χ3n) is 1.06. The minimum atomic E-state index is -0.619. The first-order valence-electron chi connectivity index (χ1n) is 3.00. The van der Waals surface area contributed by atoms with E-state index in [-0.39, 0.29) is 12.0 Å². The van der Waals surface area contributed by atoms with Crippen LogP contribution in [0.25, 0.3) is 0 Å². The molecule has 0 aliphatic heterocycles. The van der Waals surface area contributed by atoms with Crippen LogP contribution in [0.4, 0.5) is 0 Å². The Bertz CT molecular complexity index is 183. The molecular weight excluding hydrogens is 148 g/mol. The second-order valence-electron chi connectivity index (χ2n) is 1.97. The van der Waals surface area contributed by atoms with Gasteiger partial charge in [0.2, 0.25) is 0 Å². The molecule has 0 radical (unpaired) electrons. The molecular formula is C7H10O4. The van der Waals surface area contributed by atoms with Crippen molar-refractivity contribution in [3.63, 3.8) is 0 Å². The molecule has 0 aromatic rings. The van der Waals surface area contributed by atoms with Crippen LogP contribution >= 0.6 is 0 Å². The summed E-state index contributed by atoms with van der Waals surface area (Å²) in [5, 5.41) is 8.30. The van der Waals surface area contributed by atoms with Crippen molar-refractivity contribution in [1.29, 1.82) is 0 Å². The second-order valence-corrected chi connectivity index (χ2v) is 1.97. The van der Waals surface area contributed by atoms with Crippen LogP contribution in [0.3, 0.4) is 0 Å². The van der Waals surface area contributed by atoms with Gasteiger partial charge in [-0.15, -0.1) is 0 Å². The molecule has 0 rings (SSSR count). The van der Waals surface area contributed by atoms with E-state index in [1.807, 2.05) is 0 Å². The fraction of sp³-hybridized carbons (Fsp3) is 0.429. The molecule has 0 saturated carbocycles. The molecule has 0 saturated heterocycles. The Hall–Kier alpha value is -1.16. The topological polar surface area (TPSA) is 63.6 Å². The first kappa shape index (κ1) is 9.84. The fourth-order valence-corrected chi connectivity index (χ4v) is 0.510. The van der Waals surface area contributed by atoms with Gasteiger partial charge in [0, 0.05) is 12.0 Å². The summed E-state index contributed by atoms with van der Waals surface area (Å²) in [6.07, 6.45) is -0.150. The van der Waals surface area contributed by atoms with E-state index in [0.717, 1.165) is 0 Å². The largest absolute Gasteiger partial charge is 0.466 e. The first-order valence-corrected chi connectivity index (χ1v) is 3.00. The number of methoxy groups -OCH3 is 1. The maximum atomic E-state index is 10.6. The monoisotopic (exact) mass is 158 g/mol. The lowest BCUT2D eigenvalue weighted by Gasteiger charge is -1.99. The minimum absolute atomic E-state index is 0.0616. The molecule has 0 aromatic heterocycles. The predicted molar refractivity (Wildman–Crippen MR) is 37.9 cm³/mol. The lowest BCUT2D eigenvalue weighted by Crippen LogP contribution is -2.11. The number of hydrogen-bond acceptors (Lipinski definition) is 4. The number of rotatable bonds is 4. The van der Waals surface area contributed by atoms with Gasteiger partial charge in [-0.25, -0.2) is 4.79 Å². The number of ketones is 1. The minimum Gasteiger partial charge on any atom is -0.466 e. The Kier molecular flexibility index (Phi) is 4.14. The number of ether oxygens (including phenoxy) is 1. The van der Waals surface area contributed by atoms with Crippen LogP contribution in [-0.4, -0.2) is 30.6 Å². The normalized spacial score (nSPS) is 8.91. The highest BCUT2D eigenvalue weighted by molar-refractivity contribution is 5.95. The average Bonchev–Trinajstić information content (AvgIpc) is 2.02. The van der Waals surface area contributed by atoms with E-state index in [2.05, 4.69) is 11.3 Å². The van der Waals surface area contributed by atoms with Gasteiger partial charge in [0.25, 0.3) is 0 Å². The molecule has 0 unspecified atom stereocenters. The summed E-state index contributed by atoms with van der Waals surface area (Å²) in [6.45, 7) is 2.73. The van der Waals surface area contributed by atoms with Crippen molar-refractivity contribution in [1.82, 2.24) is 0 Å². The van der Waals surface area contributed by atoms with E-state index < -0.39 is 18.4 Å². The van der Waals surface area contributed by atoms with Crippen LogP contribution < -0.4 is 0 Å². The molecule has 4 heteroatoms. The Morgan fingerprint density at radius 1 is 1.55 bits per heavy atom. The Balaban J connectivity index is 3.88. The van der Waals surface area contributed by atoms with E-state index >= 15 is 0 Å². The molecule has 0 bridgehead atoms. The van der Waals surface area contributed by atoms with Gasteiger partial charge in [0.1, 0.15) is 6.61 Å². The molecule has 62 valence electrons. The molecule has 0 aliphatic carbocycles. The Morgan fingerprint density at radius 2 is 2.09 bits per heavy atom. The van der Waals surface area contributed by atoms with Gasteiger partial charge in [-0.3, -0.25) is 4.79 Å². The Labute approximate surface area is 64.5 Å². The number of carbonyl (C=O) groups excluding carboxylic acids is 2. The van der Waals surface area contributed by atoms with E-state index in [4.69, 9.17) is 5.11 Å². The van der Waals surface area contributed by atoms with Gasteiger partial charge in [-0.05, 0) is 0 Å². The zero-order valence-electron chi connectivity index (χ0n) is 6.29. The van der Waals surface area contributed by atoms with Crippen molar-refractivity contribution in [2.45, 2.75) is 6.42 Å². The summed E-state index contributed by atoms with van der Waals surface area (Å²) in [6, 6.07) is 0. The third kappa shape index (κ3) is 3.52. The predicted octanol–water partition coefficient (Wildman–Crippen LogP) is -0.333. The summed E-state index contributed by atoms with van der Waals surface area (Å²) in [7, 11) is 1.21. The number of aliphatic hydroxyl groups excluding tert-OH is 1. The molecule has 0 aromatic carbocycles. The van der Waals surface area contributed by atoms with Crippen molar-refractivity contribution in [3.8, 4) is 0 Å². The molecule has 0 fully saturated rings. The highest BCUT2D eigenvalue weighted by Crippen LogP contribution is 2.00. The lowest BCUT2D eigenvalue weighted by molar-refractivity contribution is -0.137. The van der Waals surface area contributed by atoms with Gasteiger partial charge in [0.15, 0.2) is 5.78 Å². The summed E-state index contributed by atoms with van der Waals surface area (Å²) in [5.41, 5.74) is 0.0616. The SMILES string of the molecule is C=C(CC(=O)CO)C(=O)OC. The van der Waals surface area contributed by atoms with Crippen LogP contribution in [-0.2, 0) is 14.3 Å². The average molecular weight is 158 g/mol. The lowest BCUT2D eigenvalue weighted by atomic mass is 10.1. The summed E-state index contributed by atoms with van der Waals surface area (Å²) in [4.78, 5) is 21.1. The molecule has 11 heavy (non-hydrogen) atoms. The van der Waals surface area contributed by atoms with Crippen LogP contribution in [0.1, 0.15) is 6.42 Å². The summed E-state index contributed by atoms with van der Waals surface area (Å²) >= 11 is 0. The first-order chi connectivity index (χ1) is 5.11. The van der Waals surface area contributed by atoms with Gasteiger partial charge < -0.3 is 9.84 Å². The van der Waals surface area contributed by atoms with E-state index in [1.165, 1.54) is 7.11 Å². The van der Waals surface area contributed by atoms with Crippen molar-refractivity contribution in [2.75, 3.05) is 13.7 Å². The molecule has 0 spiro atoms. The smallest absolute Gasteiger partial charge is 0.333 e. The fourth-order valence-electron chi connectivity index (χ4n) is 0.510. The van der Waals surface area contributed by atoms with E-state index in [1.54, 1.807) is 0 Å². The molecule has 1 N–H and O–H groups in total. The van der Waals surface area contributed by atoms with Gasteiger partial charge in [-0.2, -0.15) is 0 Å². The number of esters is 1. The van der Waals surface area contributed by atoms with Crippen molar-refractivity contribution in [3.05, 3.63) is 12.2 Å². The zero-order chi connectivity index (χ0) is 8.85. The highest BCUT2D eigenvalue weighted by atomic mass is 16.5. The number of aliphatic hydroxyl groups is 1.